The number of aryl methyl sites for hydroxylation is 1. The Kier molecular flexibility index (Phi) is 16.7. The summed E-state index contributed by atoms with van der Waals surface area (Å²) in [4.78, 5) is 0. The average Bonchev–Trinajstić information content (AvgIpc) is 3.11. The summed E-state index contributed by atoms with van der Waals surface area (Å²) in [5.41, 5.74) is 2.97. The molecule has 1 nitrogen and oxygen atoms in total. The van der Waals surface area contributed by atoms with Crippen LogP contribution in [-0.4, -0.2) is 13.7 Å². The zero-order chi connectivity index (χ0) is 18.2. The number of methoxy groups -OCH3 is 1. The monoisotopic (exact) mass is 521 g/mol. The number of unbranched alkanes of at least 4 members (excludes halogenated alkanes) is 3. The molecule has 1 fully saturated rings. The second-order valence-electron chi connectivity index (χ2n) is 6.63. The molecule has 1 aromatic carbocycles. The first-order valence-corrected chi connectivity index (χ1v) is 13.9. The van der Waals surface area contributed by atoms with Gasteiger partial charge in [0.15, 0.2) is 0 Å². The molecule has 1 aliphatic rings. The zero-order valence-corrected chi connectivity index (χ0v) is 22.4. The van der Waals surface area contributed by atoms with E-state index in [-0.39, 0.29) is 0 Å². The van der Waals surface area contributed by atoms with Crippen LogP contribution in [0.2, 0.25) is 3.93 Å². The molecular formula is C22H39HgO. The van der Waals surface area contributed by atoms with Gasteiger partial charge < -0.3 is 4.74 Å². The van der Waals surface area contributed by atoms with Crippen molar-refractivity contribution in [3.63, 3.8) is 0 Å². The predicted octanol–water partition coefficient (Wildman–Crippen LogP) is 7.08. The fraction of sp³-hybridized carbons (Fsp3) is 0.727. The summed E-state index contributed by atoms with van der Waals surface area (Å²) in [6, 6.07) is 9.18. The maximum atomic E-state index is 4.89. The van der Waals surface area contributed by atoms with Crippen molar-refractivity contribution in [1.82, 2.24) is 0 Å². The molecule has 24 heavy (non-hydrogen) atoms. The Labute approximate surface area is 167 Å². The van der Waals surface area contributed by atoms with Gasteiger partial charge in [0.25, 0.3) is 0 Å². The van der Waals surface area contributed by atoms with Crippen LogP contribution in [0.1, 0.15) is 82.8 Å². The number of benzene rings is 1. The molecule has 2 rings (SSSR count). The summed E-state index contributed by atoms with van der Waals surface area (Å²) >= 11 is 1.01. The SMILES string of the molecule is CC.CCCCCCOC.Cc1ccc(C2CCC([CH2][Hg])C2)cc1. The maximum absolute atomic E-state index is 4.89. The van der Waals surface area contributed by atoms with Crippen LogP contribution in [-0.2, 0) is 30.9 Å². The van der Waals surface area contributed by atoms with Crippen LogP contribution in [0, 0.1) is 12.8 Å². The number of rotatable bonds is 7. The van der Waals surface area contributed by atoms with Crippen molar-refractivity contribution in [2.45, 2.75) is 82.5 Å². The van der Waals surface area contributed by atoms with Crippen LogP contribution in [0.5, 0.6) is 0 Å². The van der Waals surface area contributed by atoms with Gasteiger partial charge in [-0.2, -0.15) is 0 Å². The standard InChI is InChI=1S/C13H17.C7H16O.C2H6.Hg/c1-10-3-6-12(7-4-10)13-8-5-11(2)9-13;1-3-4-5-6-7-8-2;1-2;/h3-4,6-7,11,13H,2,5,8-9H2,1H3;3-7H2,1-2H3;1-2H3;. The minimum atomic E-state index is 0.879. The molecule has 0 amide bonds. The van der Waals surface area contributed by atoms with E-state index in [1.807, 2.05) is 13.8 Å². The third-order valence-electron chi connectivity index (χ3n) is 4.70. The second kappa shape index (κ2) is 16.6. The topological polar surface area (TPSA) is 9.23 Å². The van der Waals surface area contributed by atoms with Crippen LogP contribution in [0.4, 0.5) is 0 Å². The van der Waals surface area contributed by atoms with E-state index in [4.69, 9.17) is 4.74 Å². The van der Waals surface area contributed by atoms with Crippen LogP contribution in [0.15, 0.2) is 24.3 Å². The van der Waals surface area contributed by atoms with Crippen LogP contribution in [0.25, 0.3) is 0 Å². The predicted molar refractivity (Wildman–Crippen MR) is 103 cm³/mol. The molecule has 0 N–H and O–H groups in total. The summed E-state index contributed by atoms with van der Waals surface area (Å²) in [7, 11) is 1.76. The Balaban J connectivity index is 0.000000456. The minimum absolute atomic E-state index is 0.879. The molecule has 0 spiro atoms. The molecule has 0 aromatic heterocycles. The van der Waals surface area contributed by atoms with E-state index >= 15 is 0 Å². The molecule has 135 valence electrons. The van der Waals surface area contributed by atoms with Crippen molar-refractivity contribution in [2.75, 3.05) is 13.7 Å². The van der Waals surface area contributed by atoms with Crippen molar-refractivity contribution in [2.24, 2.45) is 5.92 Å². The quantitative estimate of drug-likeness (QED) is 0.276. The molecule has 1 aliphatic carbocycles. The van der Waals surface area contributed by atoms with E-state index in [1.54, 1.807) is 16.6 Å². The van der Waals surface area contributed by atoms with Crippen molar-refractivity contribution < 1.29 is 30.9 Å². The van der Waals surface area contributed by atoms with Gasteiger partial charge in [0.05, 0.1) is 0 Å². The van der Waals surface area contributed by atoms with Gasteiger partial charge in [-0.1, -0.05) is 40.0 Å². The molecule has 2 heteroatoms. The van der Waals surface area contributed by atoms with E-state index in [0.29, 0.717) is 0 Å². The zero-order valence-electron chi connectivity index (χ0n) is 16.9. The van der Waals surface area contributed by atoms with Gasteiger partial charge >= 0.3 is 103 Å². The van der Waals surface area contributed by atoms with Gasteiger partial charge in [-0.25, -0.2) is 0 Å². The van der Waals surface area contributed by atoms with Crippen LogP contribution in [0.3, 0.4) is 0 Å². The van der Waals surface area contributed by atoms with E-state index in [2.05, 4.69) is 38.1 Å². The molecule has 0 heterocycles. The Morgan fingerprint density at radius 2 is 1.71 bits per heavy atom. The molecule has 0 saturated heterocycles. The Morgan fingerprint density at radius 1 is 1.04 bits per heavy atom. The molecule has 2 unspecified atom stereocenters. The second-order valence-corrected chi connectivity index (χ2v) is 8.87. The third-order valence-corrected chi connectivity index (χ3v) is 7.87. The molecule has 0 aliphatic heterocycles. The first-order valence-electron chi connectivity index (χ1n) is 10.1. The van der Waals surface area contributed by atoms with Crippen LogP contribution < -0.4 is 0 Å². The molecule has 0 bridgehead atoms. The van der Waals surface area contributed by atoms with Crippen molar-refractivity contribution in [3.05, 3.63) is 35.4 Å². The molecule has 1 saturated carbocycles. The third kappa shape index (κ3) is 10.9. The molecule has 2 atom stereocenters. The van der Waals surface area contributed by atoms with E-state index in [9.17, 15) is 0 Å². The van der Waals surface area contributed by atoms with Gasteiger partial charge in [0.1, 0.15) is 0 Å². The summed E-state index contributed by atoms with van der Waals surface area (Å²) in [5.74, 6) is 1.95. The molecule has 1 aromatic rings. The van der Waals surface area contributed by atoms with E-state index in [1.165, 1.54) is 50.5 Å². The Hall–Kier alpha value is 0.115. The number of hydrogen-bond acceptors (Lipinski definition) is 1. The van der Waals surface area contributed by atoms with Crippen molar-refractivity contribution >= 4 is 0 Å². The Morgan fingerprint density at radius 3 is 2.21 bits per heavy atom. The van der Waals surface area contributed by atoms with E-state index in [0.717, 1.165) is 44.6 Å². The number of hydrogen-bond donors (Lipinski definition) is 0. The van der Waals surface area contributed by atoms with E-state index < -0.39 is 0 Å². The summed E-state index contributed by atoms with van der Waals surface area (Å²) in [6.45, 7) is 9.31. The summed E-state index contributed by atoms with van der Waals surface area (Å²) in [5, 5.41) is 0. The van der Waals surface area contributed by atoms with Gasteiger partial charge in [0.2, 0.25) is 0 Å². The van der Waals surface area contributed by atoms with Gasteiger partial charge in [0, 0.05) is 13.7 Å². The normalized spacial score (nSPS) is 19.1. The fourth-order valence-electron chi connectivity index (χ4n) is 3.15. The van der Waals surface area contributed by atoms with Gasteiger partial charge in [-0.05, 0) is 6.42 Å². The van der Waals surface area contributed by atoms with Crippen molar-refractivity contribution in [3.8, 4) is 0 Å². The number of ether oxygens (including phenoxy) is 1. The first-order chi connectivity index (χ1) is 11.7. The van der Waals surface area contributed by atoms with Crippen LogP contribution >= 0.6 is 0 Å². The first kappa shape index (κ1) is 24.1. The molecular weight excluding hydrogens is 481 g/mol. The Bertz CT molecular complexity index is 368. The molecule has 0 radical (unpaired) electrons. The van der Waals surface area contributed by atoms with Gasteiger partial charge in [-0.3, -0.25) is 0 Å². The average molecular weight is 520 g/mol. The van der Waals surface area contributed by atoms with Gasteiger partial charge in [-0.15, -0.1) is 0 Å². The summed E-state index contributed by atoms with van der Waals surface area (Å²) in [6.07, 6.45) is 9.60. The van der Waals surface area contributed by atoms with Crippen molar-refractivity contribution in [1.29, 1.82) is 0 Å². The summed E-state index contributed by atoms with van der Waals surface area (Å²) < 4.78 is 6.45. The fourth-order valence-corrected chi connectivity index (χ4v) is 5.19.